The van der Waals surface area contributed by atoms with Crippen LogP contribution in [0.1, 0.15) is 5.56 Å². The summed E-state index contributed by atoms with van der Waals surface area (Å²) in [6.45, 7) is 0.719. The van der Waals surface area contributed by atoms with Gasteiger partial charge in [0.2, 0.25) is 0 Å². The molecular formula is C12H10N4S. The third kappa shape index (κ3) is 1.85. The Hall–Kier alpha value is -2.01. The maximum Gasteiger partial charge on any atom is 0.179 e. The van der Waals surface area contributed by atoms with Crippen LogP contribution in [-0.2, 0) is 6.54 Å². The Bertz CT molecular complexity index is 699. The first-order chi connectivity index (χ1) is 8.34. The fraction of sp³-hybridized carbons (Fsp3) is 0.0833. The second-order valence-corrected chi connectivity index (χ2v) is 4.15. The molecule has 0 radical (unpaired) electrons. The van der Waals surface area contributed by atoms with Crippen molar-refractivity contribution in [2.24, 2.45) is 0 Å². The van der Waals surface area contributed by atoms with Gasteiger partial charge in [0.05, 0.1) is 12.7 Å². The number of nitrogens with zero attached hydrogens (tertiary/aromatic N) is 3. The second-order valence-electron chi connectivity index (χ2n) is 3.76. The molecular weight excluding hydrogens is 232 g/mol. The summed E-state index contributed by atoms with van der Waals surface area (Å²) in [6.07, 6.45) is 3.27. The minimum Gasteiger partial charge on any atom is -0.328 e. The van der Waals surface area contributed by atoms with Crippen molar-refractivity contribution >= 4 is 23.4 Å². The van der Waals surface area contributed by atoms with E-state index in [-0.39, 0.29) is 0 Å². The van der Waals surface area contributed by atoms with Gasteiger partial charge in [-0.3, -0.25) is 4.57 Å². The van der Waals surface area contributed by atoms with Crippen LogP contribution in [-0.4, -0.2) is 19.5 Å². The van der Waals surface area contributed by atoms with E-state index in [1.807, 2.05) is 22.8 Å². The second kappa shape index (κ2) is 4.10. The lowest BCUT2D eigenvalue weighted by atomic mass is 10.2. The number of nitrogens with one attached hydrogen (secondary N) is 1. The van der Waals surface area contributed by atoms with E-state index in [1.165, 1.54) is 11.9 Å². The van der Waals surface area contributed by atoms with Crippen LogP contribution in [0.15, 0.2) is 42.9 Å². The Kier molecular flexibility index (Phi) is 2.45. The first kappa shape index (κ1) is 10.2. The summed E-state index contributed by atoms with van der Waals surface area (Å²) in [6, 6.07) is 10.2. The topological polar surface area (TPSA) is 46.5 Å². The number of H-pyrrole nitrogens is 1. The SMILES string of the molecule is S=c1[nH]c2cncnc2n1Cc1ccccc1. The van der Waals surface area contributed by atoms with Gasteiger partial charge >= 0.3 is 0 Å². The minimum atomic E-state index is 0.671. The lowest BCUT2D eigenvalue weighted by molar-refractivity contribution is 0.800. The maximum absolute atomic E-state index is 5.29. The van der Waals surface area contributed by atoms with Gasteiger partial charge in [-0.25, -0.2) is 9.97 Å². The molecule has 0 aliphatic rings. The highest BCUT2D eigenvalue weighted by Gasteiger charge is 2.05. The van der Waals surface area contributed by atoms with Crippen molar-refractivity contribution in [3.05, 3.63) is 53.2 Å². The quantitative estimate of drug-likeness (QED) is 0.702. The molecule has 4 nitrogen and oxygen atoms in total. The highest BCUT2D eigenvalue weighted by molar-refractivity contribution is 7.71. The van der Waals surface area contributed by atoms with E-state index < -0.39 is 0 Å². The van der Waals surface area contributed by atoms with E-state index in [0.717, 1.165) is 17.7 Å². The summed E-state index contributed by atoms with van der Waals surface area (Å²) in [5.41, 5.74) is 2.91. The summed E-state index contributed by atoms with van der Waals surface area (Å²) in [7, 11) is 0. The Morgan fingerprint density at radius 1 is 1.24 bits per heavy atom. The molecule has 5 heteroatoms. The molecule has 0 amide bonds. The van der Waals surface area contributed by atoms with Gasteiger partial charge in [0.15, 0.2) is 10.4 Å². The summed E-state index contributed by atoms with van der Waals surface area (Å²) >= 11 is 5.29. The van der Waals surface area contributed by atoms with Gasteiger partial charge in [-0.1, -0.05) is 30.3 Å². The highest BCUT2D eigenvalue weighted by atomic mass is 32.1. The summed E-state index contributed by atoms with van der Waals surface area (Å²) in [5, 5.41) is 0. The predicted molar refractivity (Wildman–Crippen MR) is 68.3 cm³/mol. The third-order valence-corrected chi connectivity index (χ3v) is 2.94. The van der Waals surface area contributed by atoms with Crippen LogP contribution in [0.3, 0.4) is 0 Å². The van der Waals surface area contributed by atoms with E-state index in [1.54, 1.807) is 6.20 Å². The van der Waals surface area contributed by atoms with Crippen molar-refractivity contribution in [3.8, 4) is 0 Å². The molecule has 0 saturated carbocycles. The molecule has 2 aromatic heterocycles. The highest BCUT2D eigenvalue weighted by Crippen LogP contribution is 2.12. The number of hydrogen-bond acceptors (Lipinski definition) is 3. The number of benzene rings is 1. The Balaban J connectivity index is 2.12. The molecule has 1 aromatic carbocycles. The molecule has 0 unspecified atom stereocenters. The fourth-order valence-corrected chi connectivity index (χ4v) is 2.08. The van der Waals surface area contributed by atoms with Crippen LogP contribution in [0.5, 0.6) is 0 Å². The molecule has 3 rings (SSSR count). The van der Waals surface area contributed by atoms with E-state index in [0.29, 0.717) is 4.77 Å². The predicted octanol–water partition coefficient (Wildman–Crippen LogP) is 2.54. The average molecular weight is 242 g/mol. The van der Waals surface area contributed by atoms with Gasteiger partial charge in [0.25, 0.3) is 0 Å². The van der Waals surface area contributed by atoms with E-state index in [2.05, 4.69) is 27.1 Å². The van der Waals surface area contributed by atoms with Crippen molar-refractivity contribution in [3.63, 3.8) is 0 Å². The van der Waals surface area contributed by atoms with Gasteiger partial charge in [0.1, 0.15) is 11.8 Å². The first-order valence-electron chi connectivity index (χ1n) is 5.27. The van der Waals surface area contributed by atoms with Crippen molar-refractivity contribution in [2.45, 2.75) is 6.54 Å². The Morgan fingerprint density at radius 3 is 2.88 bits per heavy atom. The van der Waals surface area contributed by atoms with Gasteiger partial charge in [-0.2, -0.15) is 0 Å². The largest absolute Gasteiger partial charge is 0.328 e. The average Bonchev–Trinajstić information content (AvgIpc) is 2.68. The van der Waals surface area contributed by atoms with Crippen LogP contribution < -0.4 is 0 Å². The van der Waals surface area contributed by atoms with E-state index >= 15 is 0 Å². The molecule has 3 aromatic rings. The molecule has 0 saturated heterocycles. The number of aromatic amines is 1. The van der Waals surface area contributed by atoms with Crippen LogP contribution in [0, 0.1) is 4.77 Å². The summed E-state index contributed by atoms with van der Waals surface area (Å²) < 4.78 is 2.64. The monoisotopic (exact) mass is 242 g/mol. The minimum absolute atomic E-state index is 0.671. The normalized spacial score (nSPS) is 10.8. The van der Waals surface area contributed by atoms with Gasteiger partial charge in [-0.05, 0) is 17.8 Å². The van der Waals surface area contributed by atoms with Gasteiger partial charge in [-0.15, -0.1) is 0 Å². The Morgan fingerprint density at radius 2 is 2.06 bits per heavy atom. The molecule has 17 heavy (non-hydrogen) atoms. The molecule has 0 atom stereocenters. The molecule has 0 aliphatic heterocycles. The number of aromatic nitrogens is 4. The lowest BCUT2D eigenvalue weighted by Gasteiger charge is -2.03. The molecule has 0 bridgehead atoms. The number of imidazole rings is 1. The zero-order chi connectivity index (χ0) is 11.7. The molecule has 1 N–H and O–H groups in total. The van der Waals surface area contributed by atoms with Crippen LogP contribution in [0.25, 0.3) is 11.2 Å². The van der Waals surface area contributed by atoms with Crippen molar-refractivity contribution < 1.29 is 0 Å². The molecule has 0 aliphatic carbocycles. The third-order valence-electron chi connectivity index (χ3n) is 2.62. The lowest BCUT2D eigenvalue weighted by Crippen LogP contribution is -2.00. The molecule has 0 spiro atoms. The number of hydrogen-bond donors (Lipinski definition) is 1. The molecule has 84 valence electrons. The van der Waals surface area contributed by atoms with Crippen LogP contribution in [0.4, 0.5) is 0 Å². The fourth-order valence-electron chi connectivity index (χ4n) is 1.82. The first-order valence-corrected chi connectivity index (χ1v) is 5.68. The standard InChI is InChI=1S/C12H10N4S/c17-12-15-10-6-13-8-14-11(10)16(12)7-9-4-2-1-3-5-9/h1-6,8H,7H2,(H,15,17). The van der Waals surface area contributed by atoms with Crippen LogP contribution >= 0.6 is 12.2 Å². The van der Waals surface area contributed by atoms with Gasteiger partial charge in [0, 0.05) is 0 Å². The Labute approximate surface area is 103 Å². The smallest absolute Gasteiger partial charge is 0.179 e. The molecule has 0 fully saturated rings. The van der Waals surface area contributed by atoms with E-state index in [9.17, 15) is 0 Å². The zero-order valence-electron chi connectivity index (χ0n) is 9.00. The van der Waals surface area contributed by atoms with E-state index in [4.69, 9.17) is 12.2 Å². The van der Waals surface area contributed by atoms with Crippen molar-refractivity contribution in [2.75, 3.05) is 0 Å². The number of rotatable bonds is 2. The zero-order valence-corrected chi connectivity index (χ0v) is 9.81. The maximum atomic E-state index is 5.29. The molecule has 2 heterocycles. The van der Waals surface area contributed by atoms with Crippen molar-refractivity contribution in [1.82, 2.24) is 19.5 Å². The summed E-state index contributed by atoms with van der Waals surface area (Å²) in [4.78, 5) is 11.3. The number of fused-ring (bicyclic) bond motifs is 1. The van der Waals surface area contributed by atoms with Crippen molar-refractivity contribution in [1.29, 1.82) is 0 Å². The van der Waals surface area contributed by atoms with Crippen LogP contribution in [0.2, 0.25) is 0 Å². The van der Waals surface area contributed by atoms with Gasteiger partial charge < -0.3 is 4.98 Å². The summed E-state index contributed by atoms with van der Waals surface area (Å²) in [5.74, 6) is 0.